The lowest BCUT2D eigenvalue weighted by molar-refractivity contribution is -0.137. The molecule has 0 aliphatic carbocycles. The maximum Gasteiger partial charge on any atom is 0.416 e. The van der Waals surface area contributed by atoms with Crippen molar-refractivity contribution in [3.8, 4) is 23.1 Å². The molecule has 0 radical (unpaired) electrons. The minimum absolute atomic E-state index is 0.267. The SMILES string of the molecule is COc1ccc(CCn2c(-c3ccco3)nc3cc(C(F)(F)F)ccc32)cc1OC. The third-order valence-electron chi connectivity index (χ3n) is 4.89. The van der Waals surface area contributed by atoms with Crippen molar-refractivity contribution < 1.29 is 27.1 Å². The molecule has 2 aromatic carbocycles. The molecule has 5 nitrogen and oxygen atoms in total. The van der Waals surface area contributed by atoms with Crippen molar-refractivity contribution in [1.29, 1.82) is 0 Å². The van der Waals surface area contributed by atoms with Gasteiger partial charge in [0.25, 0.3) is 0 Å². The van der Waals surface area contributed by atoms with E-state index in [1.165, 1.54) is 12.3 Å². The van der Waals surface area contributed by atoms with Gasteiger partial charge in [0.15, 0.2) is 23.1 Å². The van der Waals surface area contributed by atoms with Crippen molar-refractivity contribution in [2.75, 3.05) is 14.2 Å². The maximum atomic E-state index is 13.1. The van der Waals surface area contributed by atoms with Gasteiger partial charge in [-0.05, 0) is 54.4 Å². The first-order chi connectivity index (χ1) is 14.4. The number of fused-ring (bicyclic) bond motifs is 1. The molecule has 8 heteroatoms. The molecule has 0 amide bonds. The second-order valence-corrected chi connectivity index (χ2v) is 6.70. The quantitative estimate of drug-likeness (QED) is 0.412. The van der Waals surface area contributed by atoms with E-state index in [2.05, 4.69) is 4.98 Å². The van der Waals surface area contributed by atoms with Crippen LogP contribution >= 0.6 is 0 Å². The highest BCUT2D eigenvalue weighted by molar-refractivity contribution is 5.80. The summed E-state index contributed by atoms with van der Waals surface area (Å²) in [5.74, 6) is 2.22. The summed E-state index contributed by atoms with van der Waals surface area (Å²) in [6.07, 6.45) is -2.31. The predicted molar refractivity (Wildman–Crippen MR) is 106 cm³/mol. The van der Waals surface area contributed by atoms with E-state index in [0.717, 1.165) is 17.7 Å². The predicted octanol–water partition coefficient (Wildman–Crippen LogP) is 5.58. The number of aromatic nitrogens is 2. The summed E-state index contributed by atoms with van der Waals surface area (Å²) < 4.78 is 57.3. The molecule has 2 aromatic heterocycles. The van der Waals surface area contributed by atoms with Crippen molar-refractivity contribution in [3.05, 3.63) is 65.9 Å². The fourth-order valence-corrected chi connectivity index (χ4v) is 3.40. The molecule has 0 spiro atoms. The van der Waals surface area contributed by atoms with Crippen LogP contribution in [0.15, 0.2) is 59.2 Å². The van der Waals surface area contributed by atoms with Gasteiger partial charge in [-0.15, -0.1) is 0 Å². The Balaban J connectivity index is 1.72. The van der Waals surface area contributed by atoms with Gasteiger partial charge < -0.3 is 18.5 Å². The topological polar surface area (TPSA) is 49.4 Å². The molecule has 0 aliphatic heterocycles. The van der Waals surface area contributed by atoms with Crippen LogP contribution in [0.25, 0.3) is 22.6 Å². The van der Waals surface area contributed by atoms with Gasteiger partial charge >= 0.3 is 6.18 Å². The summed E-state index contributed by atoms with van der Waals surface area (Å²) in [4.78, 5) is 4.43. The number of ether oxygens (including phenoxy) is 2. The molecule has 0 saturated carbocycles. The fourth-order valence-electron chi connectivity index (χ4n) is 3.40. The summed E-state index contributed by atoms with van der Waals surface area (Å²) in [5.41, 5.74) is 1.13. The minimum atomic E-state index is -4.43. The first-order valence-electron chi connectivity index (χ1n) is 9.23. The van der Waals surface area contributed by atoms with Crippen LogP contribution in [0.3, 0.4) is 0 Å². The zero-order valence-corrected chi connectivity index (χ0v) is 16.4. The molecular formula is C22H19F3N2O3. The molecule has 0 N–H and O–H groups in total. The Morgan fingerprint density at radius 3 is 2.47 bits per heavy atom. The number of alkyl halides is 3. The van der Waals surface area contributed by atoms with E-state index < -0.39 is 11.7 Å². The molecule has 2 heterocycles. The van der Waals surface area contributed by atoms with Gasteiger partial charge in [-0.2, -0.15) is 13.2 Å². The van der Waals surface area contributed by atoms with E-state index in [-0.39, 0.29) is 5.52 Å². The Morgan fingerprint density at radius 1 is 1.00 bits per heavy atom. The highest BCUT2D eigenvalue weighted by Crippen LogP contribution is 2.33. The van der Waals surface area contributed by atoms with E-state index in [0.29, 0.717) is 41.6 Å². The molecule has 156 valence electrons. The van der Waals surface area contributed by atoms with Gasteiger partial charge in [-0.1, -0.05) is 6.07 Å². The molecule has 0 bridgehead atoms. The average molecular weight is 416 g/mol. The summed E-state index contributed by atoms with van der Waals surface area (Å²) in [6.45, 7) is 0.493. The number of rotatable bonds is 6. The number of furan rings is 1. The zero-order chi connectivity index (χ0) is 21.3. The zero-order valence-electron chi connectivity index (χ0n) is 16.4. The number of hydrogen-bond acceptors (Lipinski definition) is 4. The largest absolute Gasteiger partial charge is 0.493 e. The smallest absolute Gasteiger partial charge is 0.416 e. The standard InChI is InChI=1S/C22H19F3N2O3/c1-28-18-8-5-14(12-20(18)29-2)9-10-27-17-7-6-15(22(23,24)25)13-16(17)26-21(27)19-4-3-11-30-19/h3-8,11-13H,9-10H2,1-2H3. The average Bonchev–Trinajstić information content (AvgIpc) is 3.38. The number of methoxy groups -OCH3 is 2. The number of imidazole rings is 1. The van der Waals surface area contributed by atoms with Gasteiger partial charge in [-0.3, -0.25) is 0 Å². The monoisotopic (exact) mass is 416 g/mol. The Bertz CT molecular complexity index is 1160. The first-order valence-corrected chi connectivity index (χ1v) is 9.23. The van der Waals surface area contributed by atoms with Crippen LogP contribution in [0.1, 0.15) is 11.1 Å². The second kappa shape index (κ2) is 7.78. The normalized spacial score (nSPS) is 11.8. The lowest BCUT2D eigenvalue weighted by atomic mass is 10.1. The Labute approximate surface area is 170 Å². The van der Waals surface area contributed by atoms with Gasteiger partial charge in [0.2, 0.25) is 0 Å². The molecule has 4 aromatic rings. The van der Waals surface area contributed by atoms with Crippen LogP contribution in [0.4, 0.5) is 13.2 Å². The lowest BCUT2D eigenvalue weighted by Crippen LogP contribution is -2.05. The number of aryl methyl sites for hydroxylation is 2. The maximum absolute atomic E-state index is 13.1. The Kier molecular flexibility index (Phi) is 5.15. The number of benzene rings is 2. The Morgan fingerprint density at radius 2 is 1.80 bits per heavy atom. The summed E-state index contributed by atoms with van der Waals surface area (Å²) in [5, 5.41) is 0. The van der Waals surface area contributed by atoms with Gasteiger partial charge in [0.05, 0.1) is 37.1 Å². The minimum Gasteiger partial charge on any atom is -0.493 e. The summed E-state index contributed by atoms with van der Waals surface area (Å²) in [6, 6.07) is 12.7. The molecule has 0 fully saturated rings. The first kappa shape index (κ1) is 19.9. The number of hydrogen-bond donors (Lipinski definition) is 0. The van der Waals surface area contributed by atoms with Crippen molar-refractivity contribution in [3.63, 3.8) is 0 Å². The number of halogens is 3. The third-order valence-corrected chi connectivity index (χ3v) is 4.89. The van der Waals surface area contributed by atoms with E-state index in [4.69, 9.17) is 13.9 Å². The van der Waals surface area contributed by atoms with Crippen LogP contribution in [0.2, 0.25) is 0 Å². The molecule has 0 aliphatic rings. The summed E-state index contributed by atoms with van der Waals surface area (Å²) in [7, 11) is 3.14. The van der Waals surface area contributed by atoms with Crippen molar-refractivity contribution >= 4 is 11.0 Å². The molecule has 4 rings (SSSR count). The second-order valence-electron chi connectivity index (χ2n) is 6.70. The van der Waals surface area contributed by atoms with E-state index in [1.807, 2.05) is 22.8 Å². The van der Waals surface area contributed by atoms with Crippen LogP contribution < -0.4 is 9.47 Å². The van der Waals surface area contributed by atoms with E-state index in [9.17, 15) is 13.2 Å². The number of nitrogens with zero attached hydrogens (tertiary/aromatic N) is 2. The third kappa shape index (κ3) is 3.72. The van der Waals surface area contributed by atoms with Crippen LogP contribution in [0, 0.1) is 0 Å². The van der Waals surface area contributed by atoms with Crippen molar-refractivity contribution in [1.82, 2.24) is 9.55 Å². The Hall–Kier alpha value is -3.42. The molecule has 0 unspecified atom stereocenters. The van der Waals surface area contributed by atoms with Gasteiger partial charge in [0, 0.05) is 6.54 Å². The summed E-state index contributed by atoms with van der Waals surface area (Å²) >= 11 is 0. The highest BCUT2D eigenvalue weighted by Gasteiger charge is 2.31. The molecule has 0 saturated heterocycles. The van der Waals surface area contributed by atoms with Gasteiger partial charge in [0.1, 0.15) is 0 Å². The fraction of sp³-hybridized carbons (Fsp3) is 0.227. The highest BCUT2D eigenvalue weighted by atomic mass is 19.4. The molecular weight excluding hydrogens is 397 g/mol. The van der Waals surface area contributed by atoms with Crippen molar-refractivity contribution in [2.24, 2.45) is 0 Å². The van der Waals surface area contributed by atoms with Crippen molar-refractivity contribution in [2.45, 2.75) is 19.1 Å². The van der Waals surface area contributed by atoms with Gasteiger partial charge in [-0.25, -0.2) is 4.98 Å². The molecule has 0 atom stereocenters. The van der Waals surface area contributed by atoms with E-state index in [1.54, 1.807) is 26.4 Å². The lowest BCUT2D eigenvalue weighted by Gasteiger charge is -2.12. The van der Waals surface area contributed by atoms with Crippen LogP contribution in [-0.2, 0) is 19.1 Å². The van der Waals surface area contributed by atoms with Crippen LogP contribution in [0.5, 0.6) is 11.5 Å². The van der Waals surface area contributed by atoms with E-state index >= 15 is 0 Å². The van der Waals surface area contributed by atoms with Crippen LogP contribution in [-0.4, -0.2) is 23.8 Å². The molecule has 30 heavy (non-hydrogen) atoms.